The molecule has 0 unspecified atom stereocenters. The molecule has 1 aliphatic carbocycles. The molecule has 2 aliphatic rings. The maximum atomic E-state index is 13.1. The quantitative estimate of drug-likeness (QED) is 0.0695. The van der Waals surface area contributed by atoms with E-state index in [0.29, 0.717) is 74.1 Å². The molecule has 292 valence electrons. The summed E-state index contributed by atoms with van der Waals surface area (Å²) < 4.78 is 40.1. The SMILES string of the molecule is CCOC(=O)CCCOc1cccc(CCCCCCOc2cc(C(=O)OC(C)(C)C)cc(C3=COC=C(C4=CC=CCC4)O3)c2)c1CCC(=O)OCC. The Morgan fingerprint density at radius 2 is 1.54 bits per heavy atom. The Hall–Kier alpha value is -4.99. The lowest BCUT2D eigenvalue weighted by molar-refractivity contribution is -0.144. The predicted molar refractivity (Wildman–Crippen MR) is 207 cm³/mol. The van der Waals surface area contributed by atoms with Gasteiger partial charge in [0.2, 0.25) is 0 Å². The highest BCUT2D eigenvalue weighted by Crippen LogP contribution is 2.33. The van der Waals surface area contributed by atoms with Gasteiger partial charge in [0.05, 0.1) is 32.0 Å². The number of aryl methyl sites for hydroxylation is 1. The van der Waals surface area contributed by atoms with Crippen LogP contribution in [0.5, 0.6) is 11.5 Å². The zero-order chi connectivity index (χ0) is 38.8. The fourth-order valence-corrected chi connectivity index (χ4v) is 6.00. The van der Waals surface area contributed by atoms with Crippen LogP contribution < -0.4 is 9.47 Å². The Labute approximate surface area is 320 Å². The van der Waals surface area contributed by atoms with E-state index < -0.39 is 11.6 Å². The highest BCUT2D eigenvalue weighted by Gasteiger charge is 2.22. The fraction of sp³-hybridized carbons (Fsp3) is 0.477. The first-order valence-corrected chi connectivity index (χ1v) is 19.2. The highest BCUT2D eigenvalue weighted by atomic mass is 16.6. The lowest BCUT2D eigenvalue weighted by Gasteiger charge is -2.22. The second kappa shape index (κ2) is 21.6. The highest BCUT2D eigenvalue weighted by molar-refractivity contribution is 5.91. The summed E-state index contributed by atoms with van der Waals surface area (Å²) in [6.07, 6.45) is 17.2. The molecular formula is C44H56O10. The first-order valence-electron chi connectivity index (χ1n) is 19.2. The van der Waals surface area contributed by atoms with Crippen LogP contribution in [0.25, 0.3) is 5.76 Å². The minimum atomic E-state index is -0.657. The molecule has 10 nitrogen and oxygen atoms in total. The number of hydrogen-bond acceptors (Lipinski definition) is 10. The van der Waals surface area contributed by atoms with Crippen LogP contribution in [0.1, 0.15) is 119 Å². The number of esters is 3. The third-order valence-corrected chi connectivity index (χ3v) is 8.54. The van der Waals surface area contributed by atoms with Gasteiger partial charge in [0.25, 0.3) is 0 Å². The maximum absolute atomic E-state index is 13.1. The summed E-state index contributed by atoms with van der Waals surface area (Å²) in [6.45, 7) is 10.6. The molecule has 54 heavy (non-hydrogen) atoms. The molecule has 0 spiro atoms. The van der Waals surface area contributed by atoms with Crippen molar-refractivity contribution in [2.75, 3.05) is 26.4 Å². The van der Waals surface area contributed by atoms with E-state index in [9.17, 15) is 14.4 Å². The molecule has 10 heteroatoms. The Morgan fingerprint density at radius 3 is 2.28 bits per heavy atom. The van der Waals surface area contributed by atoms with Crippen molar-refractivity contribution >= 4 is 23.7 Å². The molecule has 2 aromatic carbocycles. The van der Waals surface area contributed by atoms with E-state index in [1.165, 1.54) is 6.26 Å². The second-order valence-corrected chi connectivity index (χ2v) is 14.1. The first kappa shape index (κ1) is 41.8. The monoisotopic (exact) mass is 744 g/mol. The lowest BCUT2D eigenvalue weighted by Crippen LogP contribution is -2.24. The minimum Gasteiger partial charge on any atom is -0.494 e. The Kier molecular flexibility index (Phi) is 16.7. The van der Waals surface area contributed by atoms with Crippen molar-refractivity contribution in [3.63, 3.8) is 0 Å². The molecule has 0 atom stereocenters. The third kappa shape index (κ3) is 14.1. The normalized spacial score (nSPS) is 13.8. The molecule has 0 fully saturated rings. The topological polar surface area (TPSA) is 116 Å². The molecule has 0 N–H and O–H groups in total. The lowest BCUT2D eigenvalue weighted by atomic mass is 9.96. The van der Waals surface area contributed by atoms with E-state index in [2.05, 4.69) is 12.1 Å². The van der Waals surface area contributed by atoms with Crippen molar-refractivity contribution in [3.8, 4) is 11.5 Å². The van der Waals surface area contributed by atoms with Crippen LogP contribution in [0, 0.1) is 0 Å². The van der Waals surface area contributed by atoms with Crippen molar-refractivity contribution in [3.05, 3.63) is 101 Å². The van der Waals surface area contributed by atoms with Gasteiger partial charge in [-0.05, 0) is 121 Å². The summed E-state index contributed by atoms with van der Waals surface area (Å²) in [5.74, 6) is 1.47. The summed E-state index contributed by atoms with van der Waals surface area (Å²) in [5, 5.41) is 0. The fourth-order valence-electron chi connectivity index (χ4n) is 6.00. The molecule has 0 saturated heterocycles. The van der Waals surface area contributed by atoms with Crippen LogP contribution in [0.4, 0.5) is 0 Å². The van der Waals surface area contributed by atoms with Crippen molar-refractivity contribution in [1.82, 2.24) is 0 Å². The van der Waals surface area contributed by atoms with Crippen LogP contribution in [0.15, 0.2) is 78.5 Å². The van der Waals surface area contributed by atoms with E-state index in [4.69, 9.17) is 33.2 Å². The third-order valence-electron chi connectivity index (χ3n) is 8.54. The minimum absolute atomic E-state index is 0.235. The van der Waals surface area contributed by atoms with Gasteiger partial charge in [-0.15, -0.1) is 0 Å². The molecule has 0 saturated carbocycles. The van der Waals surface area contributed by atoms with Gasteiger partial charge in [0.1, 0.15) is 29.6 Å². The number of ether oxygens (including phenoxy) is 7. The summed E-state index contributed by atoms with van der Waals surface area (Å²) in [5.41, 5.74) is 3.54. The van der Waals surface area contributed by atoms with Gasteiger partial charge < -0.3 is 33.2 Å². The Balaban J connectivity index is 1.33. The van der Waals surface area contributed by atoms with Crippen LogP contribution in [0.2, 0.25) is 0 Å². The van der Waals surface area contributed by atoms with Crippen molar-refractivity contribution in [2.24, 2.45) is 0 Å². The smallest absolute Gasteiger partial charge is 0.338 e. The molecule has 0 aromatic heterocycles. The molecular weight excluding hydrogens is 688 g/mol. The standard InChI is InChI=1S/C44H56O10/c1-6-49-41(45)22-16-26-52-38-21-15-20-32(37(38)23-24-42(46)50-7-2)17-11-8-9-14-25-51-36-28-34(27-35(29-36)43(47)54-44(3,4)5)40-31-48-30-39(53-40)33-18-12-10-13-19-33/h10,12,15,18,20-21,27-31H,6-9,11,13-14,16-17,19,22-26H2,1-5H3. The average Bonchev–Trinajstić information content (AvgIpc) is 3.15. The Bertz CT molecular complexity index is 1690. The van der Waals surface area contributed by atoms with Crippen LogP contribution in [-0.4, -0.2) is 49.9 Å². The van der Waals surface area contributed by atoms with E-state index in [0.717, 1.165) is 67.4 Å². The van der Waals surface area contributed by atoms with Gasteiger partial charge in [-0.25, -0.2) is 4.79 Å². The van der Waals surface area contributed by atoms with Crippen LogP contribution >= 0.6 is 0 Å². The largest absolute Gasteiger partial charge is 0.494 e. The zero-order valence-electron chi connectivity index (χ0n) is 32.5. The number of carbonyl (C=O) groups excluding carboxylic acids is 3. The summed E-state index contributed by atoms with van der Waals surface area (Å²) in [4.78, 5) is 37.1. The summed E-state index contributed by atoms with van der Waals surface area (Å²) >= 11 is 0. The van der Waals surface area contributed by atoms with Gasteiger partial charge in [0.15, 0.2) is 11.5 Å². The number of carbonyl (C=O) groups is 3. The molecule has 0 radical (unpaired) electrons. The molecule has 1 heterocycles. The first-order chi connectivity index (χ1) is 26.1. The van der Waals surface area contributed by atoms with Gasteiger partial charge >= 0.3 is 17.9 Å². The number of allylic oxidation sites excluding steroid dienone is 4. The van der Waals surface area contributed by atoms with E-state index in [1.54, 1.807) is 32.2 Å². The van der Waals surface area contributed by atoms with Crippen molar-refractivity contribution < 1.29 is 47.5 Å². The number of rotatable bonds is 21. The molecule has 0 amide bonds. The summed E-state index contributed by atoms with van der Waals surface area (Å²) in [7, 11) is 0. The summed E-state index contributed by atoms with van der Waals surface area (Å²) in [6, 6.07) is 11.3. The Morgan fingerprint density at radius 1 is 0.796 bits per heavy atom. The number of hydrogen-bond donors (Lipinski definition) is 0. The van der Waals surface area contributed by atoms with E-state index in [1.807, 2.05) is 51.1 Å². The number of benzene rings is 2. The predicted octanol–water partition coefficient (Wildman–Crippen LogP) is 9.50. The zero-order valence-corrected chi connectivity index (χ0v) is 32.5. The van der Waals surface area contributed by atoms with Crippen LogP contribution in [-0.2, 0) is 46.1 Å². The number of unbranched alkanes of at least 4 members (excludes halogenated alkanes) is 3. The van der Waals surface area contributed by atoms with Crippen molar-refractivity contribution in [1.29, 1.82) is 0 Å². The van der Waals surface area contributed by atoms with E-state index >= 15 is 0 Å². The maximum Gasteiger partial charge on any atom is 0.338 e. The van der Waals surface area contributed by atoms with Gasteiger partial charge in [-0.2, -0.15) is 0 Å². The van der Waals surface area contributed by atoms with Crippen molar-refractivity contribution in [2.45, 2.75) is 111 Å². The second-order valence-electron chi connectivity index (χ2n) is 14.1. The molecule has 2 aromatic rings. The van der Waals surface area contributed by atoms with Gasteiger partial charge in [-0.3, -0.25) is 9.59 Å². The average molecular weight is 745 g/mol. The van der Waals surface area contributed by atoms with Gasteiger partial charge in [0, 0.05) is 18.4 Å². The van der Waals surface area contributed by atoms with E-state index in [-0.39, 0.29) is 18.4 Å². The van der Waals surface area contributed by atoms with Crippen LogP contribution in [0.3, 0.4) is 0 Å². The molecule has 4 rings (SSSR count). The molecule has 1 aliphatic heterocycles. The molecule has 0 bridgehead atoms. The van der Waals surface area contributed by atoms with Gasteiger partial charge in [-0.1, -0.05) is 43.2 Å².